The lowest BCUT2D eigenvalue weighted by atomic mass is 10.1. The molecule has 0 atom stereocenters. The number of aryl methyl sites for hydroxylation is 1. The summed E-state index contributed by atoms with van der Waals surface area (Å²) >= 11 is 0. The second-order valence-electron chi connectivity index (χ2n) is 4.49. The third-order valence-corrected chi connectivity index (χ3v) is 3.32. The highest BCUT2D eigenvalue weighted by Crippen LogP contribution is 2.24. The van der Waals surface area contributed by atoms with Crippen LogP contribution in [-0.4, -0.2) is 12.8 Å². The van der Waals surface area contributed by atoms with Crippen molar-refractivity contribution in [3.63, 3.8) is 0 Å². The van der Waals surface area contributed by atoms with Gasteiger partial charge in [0.2, 0.25) is 0 Å². The fourth-order valence-electron chi connectivity index (χ4n) is 2.12. The molecule has 0 heterocycles. The minimum absolute atomic E-state index is 1.02. The summed E-state index contributed by atoms with van der Waals surface area (Å²) in [6.45, 7) is 4.21. The van der Waals surface area contributed by atoms with Crippen molar-refractivity contribution < 1.29 is 0 Å². The Balaban J connectivity index is 2.39. The molecule has 19 heavy (non-hydrogen) atoms. The van der Waals surface area contributed by atoms with Crippen molar-refractivity contribution in [2.45, 2.75) is 20.3 Å². The molecule has 0 bridgehead atoms. The minimum atomic E-state index is 1.02. The summed E-state index contributed by atoms with van der Waals surface area (Å²) in [7, 11) is 1.83. The van der Waals surface area contributed by atoms with Crippen LogP contribution in [0.4, 0.5) is 11.4 Å². The van der Waals surface area contributed by atoms with Gasteiger partial charge in [-0.15, -0.1) is 0 Å². The average molecular weight is 252 g/mol. The van der Waals surface area contributed by atoms with Crippen molar-refractivity contribution in [1.29, 1.82) is 0 Å². The Bertz CT molecular complexity index is 585. The van der Waals surface area contributed by atoms with Crippen LogP contribution in [0.25, 0.3) is 0 Å². The summed E-state index contributed by atoms with van der Waals surface area (Å²) in [5, 5.41) is 3.53. The van der Waals surface area contributed by atoms with E-state index in [-0.39, 0.29) is 0 Å². The van der Waals surface area contributed by atoms with Crippen molar-refractivity contribution in [2.24, 2.45) is 4.99 Å². The minimum Gasteiger partial charge on any atom is -0.355 e. The predicted octanol–water partition coefficient (Wildman–Crippen LogP) is 4.43. The molecule has 2 heteroatoms. The number of anilines is 2. The number of hydrogen-bond acceptors (Lipinski definition) is 2. The molecule has 0 aliphatic carbocycles. The van der Waals surface area contributed by atoms with Gasteiger partial charge in [0.15, 0.2) is 0 Å². The van der Waals surface area contributed by atoms with E-state index in [0.717, 1.165) is 23.4 Å². The molecule has 0 spiro atoms. The van der Waals surface area contributed by atoms with Gasteiger partial charge in [0.1, 0.15) is 0 Å². The molecule has 0 radical (unpaired) electrons. The maximum absolute atomic E-state index is 4.28. The highest BCUT2D eigenvalue weighted by Gasteiger charge is 2.06. The molecule has 1 N–H and O–H groups in total. The van der Waals surface area contributed by atoms with Crippen molar-refractivity contribution in [3.05, 3.63) is 59.7 Å². The van der Waals surface area contributed by atoms with Gasteiger partial charge < -0.3 is 5.32 Å². The van der Waals surface area contributed by atoms with Crippen molar-refractivity contribution >= 4 is 17.1 Å². The smallest absolute Gasteiger partial charge is 0.0476 e. The summed E-state index contributed by atoms with van der Waals surface area (Å²) in [6.07, 6.45) is 1.02. The normalized spacial score (nSPS) is 11.4. The highest BCUT2D eigenvalue weighted by atomic mass is 14.9. The van der Waals surface area contributed by atoms with Gasteiger partial charge in [-0.25, -0.2) is 0 Å². The predicted molar refractivity (Wildman–Crippen MR) is 83.7 cm³/mol. The molecule has 98 valence electrons. The molecule has 0 aliphatic heterocycles. The maximum Gasteiger partial charge on any atom is 0.0476 e. The van der Waals surface area contributed by atoms with Crippen LogP contribution in [0.1, 0.15) is 25.0 Å². The molecular weight excluding hydrogens is 232 g/mol. The first-order valence-corrected chi connectivity index (χ1v) is 6.64. The number of rotatable bonds is 4. The molecular formula is C17H20N2. The molecule has 2 nitrogen and oxygen atoms in total. The largest absolute Gasteiger partial charge is 0.355 e. The van der Waals surface area contributed by atoms with Crippen LogP contribution >= 0.6 is 0 Å². The summed E-state index contributed by atoms with van der Waals surface area (Å²) in [5.74, 6) is 0. The zero-order valence-electron chi connectivity index (χ0n) is 11.8. The van der Waals surface area contributed by atoms with Crippen molar-refractivity contribution in [1.82, 2.24) is 0 Å². The fourth-order valence-corrected chi connectivity index (χ4v) is 2.12. The van der Waals surface area contributed by atoms with Crippen LogP contribution in [0.2, 0.25) is 0 Å². The Hall–Kier alpha value is -2.09. The van der Waals surface area contributed by atoms with Gasteiger partial charge in [0, 0.05) is 29.7 Å². The van der Waals surface area contributed by atoms with E-state index in [1.807, 2.05) is 26.1 Å². The van der Waals surface area contributed by atoms with Gasteiger partial charge >= 0.3 is 0 Å². The van der Waals surface area contributed by atoms with E-state index in [2.05, 4.69) is 53.6 Å². The maximum atomic E-state index is 4.28. The van der Waals surface area contributed by atoms with Crippen LogP contribution in [0.3, 0.4) is 0 Å². The Labute approximate surface area is 115 Å². The first-order chi connectivity index (χ1) is 9.26. The van der Waals surface area contributed by atoms with Gasteiger partial charge in [-0.3, -0.25) is 4.99 Å². The summed E-state index contributed by atoms with van der Waals surface area (Å²) in [5.41, 5.74) is 5.78. The SMILES string of the molecule is CCc1ccccc1Nc1ccccc1/C(C)=N/C. The second-order valence-corrected chi connectivity index (χ2v) is 4.49. The zero-order valence-corrected chi connectivity index (χ0v) is 11.8. The molecule has 0 aromatic heterocycles. The molecule has 0 unspecified atom stereocenters. The topological polar surface area (TPSA) is 24.4 Å². The summed E-state index contributed by atoms with van der Waals surface area (Å²) in [4.78, 5) is 4.28. The Morgan fingerprint density at radius 2 is 1.63 bits per heavy atom. The van der Waals surface area contributed by atoms with E-state index >= 15 is 0 Å². The molecule has 0 amide bonds. The van der Waals surface area contributed by atoms with Crippen LogP contribution < -0.4 is 5.32 Å². The number of benzene rings is 2. The van der Waals surface area contributed by atoms with E-state index in [4.69, 9.17) is 0 Å². The van der Waals surface area contributed by atoms with E-state index < -0.39 is 0 Å². The lowest BCUT2D eigenvalue weighted by Gasteiger charge is -2.14. The third-order valence-electron chi connectivity index (χ3n) is 3.32. The summed E-state index contributed by atoms with van der Waals surface area (Å²) < 4.78 is 0. The first kappa shape index (κ1) is 13.3. The Morgan fingerprint density at radius 3 is 2.32 bits per heavy atom. The van der Waals surface area contributed by atoms with Gasteiger partial charge in [0.25, 0.3) is 0 Å². The van der Waals surface area contributed by atoms with E-state index in [1.165, 1.54) is 11.3 Å². The van der Waals surface area contributed by atoms with E-state index in [9.17, 15) is 0 Å². The average Bonchev–Trinajstić information content (AvgIpc) is 2.47. The van der Waals surface area contributed by atoms with Gasteiger partial charge in [-0.1, -0.05) is 43.3 Å². The van der Waals surface area contributed by atoms with Gasteiger partial charge in [-0.2, -0.15) is 0 Å². The lowest BCUT2D eigenvalue weighted by Crippen LogP contribution is -2.02. The molecule has 2 aromatic rings. The molecule has 2 aromatic carbocycles. The number of hydrogen-bond donors (Lipinski definition) is 1. The quantitative estimate of drug-likeness (QED) is 0.800. The van der Waals surface area contributed by atoms with Crippen LogP contribution in [0.5, 0.6) is 0 Å². The van der Waals surface area contributed by atoms with Crippen LogP contribution in [0.15, 0.2) is 53.5 Å². The number of nitrogens with one attached hydrogen (secondary N) is 1. The second kappa shape index (κ2) is 6.19. The first-order valence-electron chi connectivity index (χ1n) is 6.64. The monoisotopic (exact) mass is 252 g/mol. The van der Waals surface area contributed by atoms with E-state index in [0.29, 0.717) is 0 Å². The Kier molecular flexibility index (Phi) is 4.35. The van der Waals surface area contributed by atoms with Crippen molar-refractivity contribution in [2.75, 3.05) is 12.4 Å². The Morgan fingerprint density at radius 1 is 1.00 bits per heavy atom. The number of para-hydroxylation sites is 2. The number of nitrogens with zero attached hydrogens (tertiary/aromatic N) is 1. The standard InChI is InChI=1S/C17H20N2/c1-4-14-9-5-7-11-16(14)19-17-12-8-6-10-15(17)13(2)18-3/h5-12,19H,4H2,1-3H3/b18-13+. The van der Waals surface area contributed by atoms with E-state index in [1.54, 1.807) is 0 Å². The fraction of sp³-hybridized carbons (Fsp3) is 0.235. The van der Waals surface area contributed by atoms with Gasteiger partial charge in [-0.05, 0) is 31.0 Å². The van der Waals surface area contributed by atoms with Gasteiger partial charge in [0.05, 0.1) is 0 Å². The molecule has 0 saturated heterocycles. The lowest BCUT2D eigenvalue weighted by molar-refractivity contribution is 1.14. The molecule has 0 saturated carbocycles. The summed E-state index contributed by atoms with van der Waals surface area (Å²) in [6, 6.07) is 16.7. The van der Waals surface area contributed by atoms with Crippen molar-refractivity contribution in [3.8, 4) is 0 Å². The highest BCUT2D eigenvalue weighted by molar-refractivity contribution is 6.04. The molecule has 0 aliphatic rings. The third kappa shape index (κ3) is 3.02. The van der Waals surface area contributed by atoms with Crippen LogP contribution in [-0.2, 0) is 6.42 Å². The molecule has 0 fully saturated rings. The number of aliphatic imine (C=N–C) groups is 1. The molecule has 2 rings (SSSR count). The zero-order chi connectivity index (χ0) is 13.7. The van der Waals surface area contributed by atoms with Crippen LogP contribution in [0, 0.1) is 0 Å².